The van der Waals surface area contributed by atoms with Crippen LogP contribution in [-0.4, -0.2) is 44.7 Å². The van der Waals surface area contributed by atoms with Gasteiger partial charge in [-0.25, -0.2) is 0 Å². The Morgan fingerprint density at radius 1 is 1.32 bits per heavy atom. The van der Waals surface area contributed by atoms with Crippen LogP contribution in [0.15, 0.2) is 23.3 Å². The van der Waals surface area contributed by atoms with E-state index in [1.165, 1.54) is 11.1 Å². The maximum atomic E-state index is 12.5. The van der Waals surface area contributed by atoms with Gasteiger partial charge in [-0.1, -0.05) is 24.6 Å². The quantitative estimate of drug-likeness (QED) is 0.347. The molecule has 0 aromatic heterocycles. The molecule has 3 aliphatic rings. The summed E-state index contributed by atoms with van der Waals surface area (Å²) >= 11 is 0. The Kier molecular flexibility index (Phi) is 7.35. The topological polar surface area (TPSA) is 56.8 Å². The summed E-state index contributed by atoms with van der Waals surface area (Å²) in [4.78, 5) is 12.5. The summed E-state index contributed by atoms with van der Waals surface area (Å²) in [5, 5.41) is 3.47. The molecule has 0 spiro atoms. The van der Waals surface area contributed by atoms with Crippen molar-refractivity contribution >= 4 is 5.97 Å². The lowest BCUT2D eigenvalue weighted by Crippen LogP contribution is -2.38. The minimum atomic E-state index is -0.126. The largest absolute Gasteiger partial charge is 0.461 e. The molecule has 0 aromatic carbocycles. The molecular weight excluding hydrogens is 354 g/mol. The van der Waals surface area contributed by atoms with Crippen LogP contribution in [0.3, 0.4) is 0 Å². The summed E-state index contributed by atoms with van der Waals surface area (Å²) < 4.78 is 17.0. The summed E-state index contributed by atoms with van der Waals surface area (Å²) in [6.07, 6.45) is 9.67. The molecule has 0 amide bonds. The van der Waals surface area contributed by atoms with Crippen molar-refractivity contribution < 1.29 is 19.0 Å². The first-order chi connectivity index (χ1) is 13.5. The number of rotatable bonds is 10. The van der Waals surface area contributed by atoms with Gasteiger partial charge in [0.05, 0.1) is 5.92 Å². The van der Waals surface area contributed by atoms with Gasteiger partial charge in [-0.15, -0.1) is 0 Å². The first-order valence-electron chi connectivity index (χ1n) is 11.0. The summed E-state index contributed by atoms with van der Waals surface area (Å²) in [6.45, 7) is 11.4. The molecular formula is C23H37NO4. The molecule has 0 bridgehead atoms. The Labute approximate surface area is 169 Å². The van der Waals surface area contributed by atoms with Gasteiger partial charge < -0.3 is 19.5 Å². The fourth-order valence-electron chi connectivity index (χ4n) is 5.10. The molecule has 1 aliphatic heterocycles. The lowest BCUT2D eigenvalue weighted by molar-refractivity contribution is -0.145. The van der Waals surface area contributed by atoms with E-state index in [-0.39, 0.29) is 35.6 Å². The van der Waals surface area contributed by atoms with Crippen molar-refractivity contribution in [2.24, 2.45) is 17.3 Å². The molecule has 3 rings (SSSR count). The maximum Gasteiger partial charge on any atom is 0.311 e. The van der Waals surface area contributed by atoms with Gasteiger partial charge in [0, 0.05) is 25.7 Å². The van der Waals surface area contributed by atoms with Gasteiger partial charge >= 0.3 is 5.97 Å². The average molecular weight is 392 g/mol. The van der Waals surface area contributed by atoms with E-state index in [4.69, 9.17) is 14.2 Å². The smallest absolute Gasteiger partial charge is 0.311 e. The summed E-state index contributed by atoms with van der Waals surface area (Å²) in [5.74, 6) is 0.0835. The van der Waals surface area contributed by atoms with Crippen molar-refractivity contribution in [3.63, 3.8) is 0 Å². The molecule has 1 N–H and O–H groups in total. The Morgan fingerprint density at radius 3 is 2.79 bits per heavy atom. The van der Waals surface area contributed by atoms with E-state index in [9.17, 15) is 4.79 Å². The van der Waals surface area contributed by atoms with E-state index in [2.05, 4.69) is 31.3 Å². The second-order valence-corrected chi connectivity index (χ2v) is 8.62. The molecule has 4 atom stereocenters. The number of fused-ring (bicyclic) bond motifs is 2. The number of ether oxygens (including phenoxy) is 3. The minimum absolute atomic E-state index is 0.0373. The molecule has 4 unspecified atom stereocenters. The van der Waals surface area contributed by atoms with Crippen molar-refractivity contribution in [1.29, 1.82) is 0 Å². The van der Waals surface area contributed by atoms with Crippen LogP contribution < -0.4 is 5.32 Å². The standard InChI is InChI=1S/C23H37NO4/c1-5-26-21(27-6-2)10-8-12-24-15-18-17-13-19-16(3)9-7-11-23(19,4)14-20(17)28-22(18)25/h9,13,17-18,20-21,24H,5-8,10-12,14-15H2,1-4H3. The lowest BCUT2D eigenvalue weighted by atomic mass is 9.62. The number of hydrogen-bond donors (Lipinski definition) is 1. The third-order valence-corrected chi connectivity index (χ3v) is 6.56. The van der Waals surface area contributed by atoms with E-state index in [1.807, 2.05) is 13.8 Å². The van der Waals surface area contributed by atoms with Crippen LogP contribution in [0.5, 0.6) is 0 Å². The summed E-state index contributed by atoms with van der Waals surface area (Å²) in [5.41, 5.74) is 2.99. The van der Waals surface area contributed by atoms with Crippen LogP contribution in [-0.2, 0) is 19.0 Å². The lowest BCUT2D eigenvalue weighted by Gasteiger charge is -2.42. The summed E-state index contributed by atoms with van der Waals surface area (Å²) in [6, 6.07) is 0. The zero-order valence-corrected chi connectivity index (χ0v) is 18.0. The number of esters is 1. The van der Waals surface area contributed by atoms with Crippen LogP contribution in [0.1, 0.15) is 59.8 Å². The second kappa shape index (κ2) is 9.55. The third kappa shape index (κ3) is 4.69. The van der Waals surface area contributed by atoms with Gasteiger partial charge in [-0.3, -0.25) is 4.79 Å². The first-order valence-corrected chi connectivity index (χ1v) is 11.0. The second-order valence-electron chi connectivity index (χ2n) is 8.62. The van der Waals surface area contributed by atoms with Gasteiger partial charge in [0.1, 0.15) is 6.10 Å². The number of carbonyl (C=O) groups is 1. The number of carbonyl (C=O) groups excluding carboxylic acids is 1. The minimum Gasteiger partial charge on any atom is -0.461 e. The molecule has 0 saturated carbocycles. The van der Waals surface area contributed by atoms with Crippen LogP contribution in [0, 0.1) is 17.3 Å². The van der Waals surface area contributed by atoms with E-state index >= 15 is 0 Å². The van der Waals surface area contributed by atoms with Gasteiger partial charge in [0.25, 0.3) is 0 Å². The molecule has 5 heteroatoms. The molecule has 1 saturated heterocycles. The zero-order chi connectivity index (χ0) is 20.1. The Balaban J connectivity index is 1.53. The monoisotopic (exact) mass is 391 g/mol. The van der Waals surface area contributed by atoms with E-state index in [0.29, 0.717) is 19.8 Å². The van der Waals surface area contributed by atoms with E-state index in [1.54, 1.807) is 0 Å². The fourth-order valence-corrected chi connectivity index (χ4v) is 5.10. The van der Waals surface area contributed by atoms with Gasteiger partial charge in [0.15, 0.2) is 6.29 Å². The van der Waals surface area contributed by atoms with Crippen molar-refractivity contribution in [3.05, 3.63) is 23.3 Å². The highest BCUT2D eigenvalue weighted by atomic mass is 16.7. The van der Waals surface area contributed by atoms with Crippen LogP contribution in [0.25, 0.3) is 0 Å². The molecule has 1 heterocycles. The van der Waals surface area contributed by atoms with E-state index < -0.39 is 0 Å². The first kappa shape index (κ1) is 21.5. The highest BCUT2D eigenvalue weighted by molar-refractivity contribution is 5.76. The Morgan fingerprint density at radius 2 is 2.07 bits per heavy atom. The Hall–Kier alpha value is -1.17. The SMILES string of the molecule is CCOC(CCCNCC1C(=O)OC2CC3(C)CCC=C(C)C3=CC21)OCC. The number of nitrogens with one attached hydrogen (secondary N) is 1. The van der Waals surface area contributed by atoms with Crippen LogP contribution in [0.4, 0.5) is 0 Å². The van der Waals surface area contributed by atoms with Crippen molar-refractivity contribution in [2.45, 2.75) is 72.2 Å². The third-order valence-electron chi connectivity index (χ3n) is 6.56. The molecule has 0 radical (unpaired) electrons. The highest BCUT2D eigenvalue weighted by Gasteiger charge is 2.50. The Bertz CT molecular complexity index is 608. The predicted molar refractivity (Wildman–Crippen MR) is 110 cm³/mol. The fraction of sp³-hybridized carbons (Fsp3) is 0.783. The molecule has 5 nitrogen and oxygen atoms in total. The average Bonchev–Trinajstić information content (AvgIpc) is 2.94. The number of hydrogen-bond acceptors (Lipinski definition) is 5. The molecule has 158 valence electrons. The van der Waals surface area contributed by atoms with E-state index in [0.717, 1.165) is 38.6 Å². The van der Waals surface area contributed by atoms with Crippen molar-refractivity contribution in [3.8, 4) is 0 Å². The normalized spacial score (nSPS) is 31.9. The van der Waals surface area contributed by atoms with Crippen LogP contribution >= 0.6 is 0 Å². The summed E-state index contributed by atoms with van der Waals surface area (Å²) in [7, 11) is 0. The van der Waals surface area contributed by atoms with Crippen LogP contribution in [0.2, 0.25) is 0 Å². The number of allylic oxidation sites excluding steroid dienone is 3. The van der Waals surface area contributed by atoms with Crippen molar-refractivity contribution in [2.75, 3.05) is 26.3 Å². The molecule has 1 fully saturated rings. The molecule has 28 heavy (non-hydrogen) atoms. The molecule has 0 aromatic rings. The predicted octanol–water partition coefficient (Wildman–Crippen LogP) is 3.99. The van der Waals surface area contributed by atoms with Gasteiger partial charge in [0.2, 0.25) is 0 Å². The maximum absolute atomic E-state index is 12.5. The van der Waals surface area contributed by atoms with Crippen molar-refractivity contribution in [1.82, 2.24) is 5.32 Å². The van der Waals surface area contributed by atoms with Gasteiger partial charge in [-0.2, -0.15) is 0 Å². The zero-order valence-electron chi connectivity index (χ0n) is 18.0. The molecule has 2 aliphatic carbocycles. The highest BCUT2D eigenvalue weighted by Crippen LogP contribution is 2.52. The van der Waals surface area contributed by atoms with Gasteiger partial charge in [-0.05, 0) is 70.4 Å².